The number of nitrogens with zero attached hydrogens (tertiary/aromatic N) is 3. The van der Waals surface area contributed by atoms with E-state index >= 15 is 0 Å². The fourth-order valence-corrected chi connectivity index (χ4v) is 6.31. The third-order valence-corrected chi connectivity index (χ3v) is 8.69. The number of benzene rings is 2. The molecule has 1 saturated heterocycles. The summed E-state index contributed by atoms with van der Waals surface area (Å²) in [6, 6.07) is 17.1. The number of carbonyl (C=O) groups excluding carboxylic acids is 2. The average Bonchev–Trinajstić information content (AvgIpc) is 3.58. The summed E-state index contributed by atoms with van der Waals surface area (Å²) in [5, 5.41) is 9.60. The Labute approximate surface area is 283 Å². The molecule has 9 heteroatoms. The third kappa shape index (κ3) is 8.12. The number of aromatic nitrogens is 2. The van der Waals surface area contributed by atoms with Crippen LogP contribution >= 0.6 is 0 Å². The third-order valence-electron chi connectivity index (χ3n) is 8.69. The lowest BCUT2D eigenvalue weighted by molar-refractivity contribution is -0.118. The molecule has 48 heavy (non-hydrogen) atoms. The van der Waals surface area contributed by atoms with E-state index in [1.807, 2.05) is 54.6 Å². The van der Waals surface area contributed by atoms with Crippen molar-refractivity contribution < 1.29 is 9.59 Å². The highest BCUT2D eigenvalue weighted by molar-refractivity contribution is 6.07. The summed E-state index contributed by atoms with van der Waals surface area (Å²) in [5.74, 6) is 6.83. The van der Waals surface area contributed by atoms with E-state index in [-0.39, 0.29) is 29.0 Å². The summed E-state index contributed by atoms with van der Waals surface area (Å²) < 4.78 is 1.58. The molecule has 4 aromatic rings. The number of hydrogen-bond donors (Lipinski definition) is 3. The summed E-state index contributed by atoms with van der Waals surface area (Å²) in [5.41, 5.74) is 5.25. The van der Waals surface area contributed by atoms with E-state index in [1.165, 1.54) is 19.8 Å². The lowest BCUT2D eigenvalue weighted by Gasteiger charge is -2.22. The summed E-state index contributed by atoms with van der Waals surface area (Å²) in [6.07, 6.45) is 4.59. The van der Waals surface area contributed by atoms with Crippen LogP contribution in [0.1, 0.15) is 82.4 Å². The highest BCUT2D eigenvalue weighted by Gasteiger charge is 2.23. The molecule has 250 valence electrons. The van der Waals surface area contributed by atoms with Crippen molar-refractivity contribution in [1.29, 1.82) is 0 Å². The van der Waals surface area contributed by atoms with Crippen LogP contribution in [0.25, 0.3) is 22.2 Å². The van der Waals surface area contributed by atoms with E-state index in [0.717, 1.165) is 53.0 Å². The standard InChI is InChI=1S/C39H46N6O3/c1-26(2)31-16-9-17-32(27(3)4)35(31)42-39(48)43-36-34(30-15-8-13-29(25-30)14-11-23-44-21-6-7-22-44)33-18-10-19-41-37(33)45(38(36)47)24-12-20-40-28(5)46/h8-10,13,15-19,25-27H,6-7,12,20-24H2,1-5H3,(H,40,46)(H2,42,43,48). The van der Waals surface area contributed by atoms with Gasteiger partial charge in [-0.15, -0.1) is 0 Å². The van der Waals surface area contributed by atoms with Gasteiger partial charge in [-0.25, -0.2) is 9.78 Å². The Kier molecular flexibility index (Phi) is 11.3. The van der Waals surface area contributed by atoms with Gasteiger partial charge in [0, 0.05) is 48.4 Å². The predicted octanol–water partition coefficient (Wildman–Crippen LogP) is 6.93. The molecule has 0 spiro atoms. The van der Waals surface area contributed by atoms with Crippen molar-refractivity contribution in [1.82, 2.24) is 19.8 Å². The molecule has 0 bridgehead atoms. The van der Waals surface area contributed by atoms with Gasteiger partial charge >= 0.3 is 6.03 Å². The Morgan fingerprint density at radius 3 is 2.29 bits per heavy atom. The van der Waals surface area contributed by atoms with Gasteiger partial charge in [0.05, 0.1) is 6.54 Å². The molecule has 2 aromatic heterocycles. The highest BCUT2D eigenvalue weighted by atomic mass is 16.2. The summed E-state index contributed by atoms with van der Waals surface area (Å²) >= 11 is 0. The second-order valence-corrected chi connectivity index (χ2v) is 13.0. The number of hydrogen-bond acceptors (Lipinski definition) is 5. The maximum atomic E-state index is 14.4. The summed E-state index contributed by atoms with van der Waals surface area (Å²) in [4.78, 5) is 46.8. The minimum atomic E-state index is -0.502. The highest BCUT2D eigenvalue weighted by Crippen LogP contribution is 2.35. The second-order valence-electron chi connectivity index (χ2n) is 13.0. The molecule has 9 nitrogen and oxygen atoms in total. The molecule has 0 radical (unpaired) electrons. The topological polar surface area (TPSA) is 108 Å². The van der Waals surface area contributed by atoms with E-state index in [4.69, 9.17) is 0 Å². The fraction of sp³-hybridized carbons (Fsp3) is 0.385. The van der Waals surface area contributed by atoms with Gasteiger partial charge in [-0.1, -0.05) is 69.9 Å². The number of rotatable bonds is 10. The number of nitrogens with one attached hydrogen (secondary N) is 3. The first-order chi connectivity index (χ1) is 23.1. The van der Waals surface area contributed by atoms with Gasteiger partial charge in [0.25, 0.3) is 5.56 Å². The molecule has 2 aromatic carbocycles. The fourth-order valence-electron chi connectivity index (χ4n) is 6.31. The number of para-hydroxylation sites is 1. The lowest BCUT2D eigenvalue weighted by Crippen LogP contribution is -2.31. The minimum absolute atomic E-state index is 0.134. The maximum Gasteiger partial charge on any atom is 0.323 e. The van der Waals surface area contributed by atoms with Crippen molar-refractivity contribution in [3.63, 3.8) is 0 Å². The van der Waals surface area contributed by atoms with Crippen LogP contribution in [0, 0.1) is 11.8 Å². The van der Waals surface area contributed by atoms with Crippen LogP contribution in [-0.2, 0) is 11.3 Å². The monoisotopic (exact) mass is 646 g/mol. The molecular weight excluding hydrogens is 600 g/mol. The van der Waals surface area contributed by atoms with E-state index in [9.17, 15) is 14.4 Å². The molecular formula is C39H46N6O3. The van der Waals surface area contributed by atoms with Gasteiger partial charge in [0.15, 0.2) is 0 Å². The largest absolute Gasteiger partial charge is 0.356 e. The van der Waals surface area contributed by atoms with Gasteiger partial charge in [-0.2, -0.15) is 0 Å². The molecule has 3 amide bonds. The number of fused-ring (bicyclic) bond motifs is 1. The first kappa shape index (κ1) is 34.4. The summed E-state index contributed by atoms with van der Waals surface area (Å²) in [7, 11) is 0. The van der Waals surface area contributed by atoms with Gasteiger partial charge in [0.1, 0.15) is 11.3 Å². The van der Waals surface area contributed by atoms with Crippen LogP contribution in [0.2, 0.25) is 0 Å². The van der Waals surface area contributed by atoms with Crippen LogP contribution in [-0.4, -0.2) is 52.6 Å². The first-order valence-corrected chi connectivity index (χ1v) is 16.9. The van der Waals surface area contributed by atoms with Crippen LogP contribution in [0.4, 0.5) is 16.2 Å². The zero-order valence-electron chi connectivity index (χ0n) is 28.7. The Hall–Kier alpha value is -4.94. The van der Waals surface area contributed by atoms with Gasteiger partial charge < -0.3 is 16.0 Å². The zero-order chi connectivity index (χ0) is 34.2. The Morgan fingerprint density at radius 1 is 0.917 bits per heavy atom. The van der Waals surface area contributed by atoms with Crippen molar-refractivity contribution in [3.8, 4) is 23.0 Å². The molecule has 0 unspecified atom stereocenters. The maximum absolute atomic E-state index is 14.4. The van der Waals surface area contributed by atoms with Crippen molar-refractivity contribution >= 4 is 34.3 Å². The number of urea groups is 1. The molecule has 0 atom stereocenters. The Morgan fingerprint density at radius 2 is 1.60 bits per heavy atom. The van der Waals surface area contributed by atoms with Crippen LogP contribution in [0.3, 0.4) is 0 Å². The predicted molar refractivity (Wildman–Crippen MR) is 195 cm³/mol. The second kappa shape index (κ2) is 15.8. The molecule has 1 aliphatic rings. The molecule has 0 saturated carbocycles. The molecule has 0 aliphatic carbocycles. The van der Waals surface area contributed by atoms with Crippen LogP contribution in [0.5, 0.6) is 0 Å². The number of amides is 3. The SMILES string of the molecule is CC(=O)NCCCn1c(=O)c(NC(=O)Nc2c(C(C)C)cccc2C(C)C)c(-c2cccc(C#CCN3CCCC3)c2)c2cccnc21. The minimum Gasteiger partial charge on any atom is -0.356 e. The van der Waals surface area contributed by atoms with Gasteiger partial charge in [-0.05, 0) is 85.1 Å². The number of aryl methyl sites for hydroxylation is 1. The van der Waals surface area contributed by atoms with E-state index in [2.05, 4.69) is 65.4 Å². The smallest absolute Gasteiger partial charge is 0.323 e. The molecule has 3 N–H and O–H groups in total. The van der Waals surface area contributed by atoms with Gasteiger partial charge in [-0.3, -0.25) is 19.1 Å². The molecule has 3 heterocycles. The number of carbonyl (C=O) groups is 2. The van der Waals surface area contributed by atoms with Crippen LogP contribution in [0.15, 0.2) is 65.6 Å². The summed E-state index contributed by atoms with van der Waals surface area (Å²) in [6.45, 7) is 13.4. The normalized spacial score (nSPS) is 13.1. The number of likely N-dealkylation sites (tertiary alicyclic amines) is 1. The van der Waals surface area contributed by atoms with E-state index in [1.54, 1.807) is 10.8 Å². The average molecular weight is 647 g/mol. The van der Waals surface area contributed by atoms with E-state index < -0.39 is 6.03 Å². The lowest BCUT2D eigenvalue weighted by atomic mass is 9.93. The van der Waals surface area contributed by atoms with Crippen molar-refractivity contribution in [2.75, 3.05) is 36.8 Å². The van der Waals surface area contributed by atoms with Gasteiger partial charge in [0.2, 0.25) is 5.91 Å². The van der Waals surface area contributed by atoms with Crippen LogP contribution < -0.4 is 21.5 Å². The van der Waals surface area contributed by atoms with Crippen molar-refractivity contribution in [3.05, 3.63) is 87.8 Å². The molecule has 1 fully saturated rings. The Balaban J connectivity index is 1.60. The zero-order valence-corrected chi connectivity index (χ0v) is 28.7. The Bertz CT molecular complexity index is 1880. The molecule has 5 rings (SSSR count). The first-order valence-electron chi connectivity index (χ1n) is 16.9. The van der Waals surface area contributed by atoms with E-state index in [0.29, 0.717) is 30.7 Å². The quantitative estimate of drug-likeness (QED) is 0.128. The number of pyridine rings is 2. The van der Waals surface area contributed by atoms with Crippen molar-refractivity contribution in [2.24, 2.45) is 0 Å². The number of anilines is 2. The van der Waals surface area contributed by atoms with Crippen molar-refractivity contribution in [2.45, 2.75) is 72.3 Å². The molecule has 1 aliphatic heterocycles.